The molecule has 0 aromatic heterocycles. The Morgan fingerprint density at radius 3 is 0.842 bits per heavy atom. The van der Waals surface area contributed by atoms with Crippen LogP contribution < -0.4 is 22.9 Å². The summed E-state index contributed by atoms with van der Waals surface area (Å²) in [7, 11) is 0. The van der Waals surface area contributed by atoms with Gasteiger partial charge in [0.25, 0.3) is 0 Å². The summed E-state index contributed by atoms with van der Waals surface area (Å²) < 4.78 is 0. The molecule has 14 nitrogen and oxygen atoms in total. The van der Waals surface area contributed by atoms with E-state index in [0.717, 1.165) is 0 Å². The zero-order chi connectivity index (χ0) is 15.8. The van der Waals surface area contributed by atoms with E-state index in [1.807, 2.05) is 0 Å². The maximum Gasteiger partial charge on any atom is 3.00 e. The van der Waals surface area contributed by atoms with Crippen LogP contribution in [0.4, 0.5) is 0 Å². The number of hydrogen-bond donors (Lipinski definition) is 4. The van der Waals surface area contributed by atoms with Crippen LogP contribution in [0.15, 0.2) is 0 Å². The molecular weight excluding hydrogens is 309 g/mol. The second-order valence-corrected chi connectivity index (χ2v) is 1.56. The molecule has 0 saturated heterocycles. The molecule has 0 heterocycles. The van der Waals surface area contributed by atoms with Gasteiger partial charge in [-0.2, -0.15) is 0 Å². The fourth-order valence-corrected chi connectivity index (χ4v) is 0. The van der Waals surface area contributed by atoms with Crippen LogP contribution in [0.1, 0.15) is 0 Å². The van der Waals surface area contributed by atoms with E-state index >= 15 is 0 Å². The molecule has 0 atom stereocenters. The van der Waals surface area contributed by atoms with Crippen LogP contribution in [0.25, 0.3) is 31.9 Å². The monoisotopic (exact) mass is 325 g/mol. The fraction of sp³-hybridized carbons (Fsp3) is 1.00. The molecule has 15 heteroatoms. The Kier molecular flexibility index (Phi) is 137. The van der Waals surface area contributed by atoms with Crippen molar-refractivity contribution in [2.24, 2.45) is 22.9 Å². The first-order chi connectivity index (χ1) is 8.39. The van der Waals surface area contributed by atoms with E-state index < -0.39 is 5.09 Å². The number of hydrogen-bond acceptors (Lipinski definition) is 7. The van der Waals surface area contributed by atoms with Crippen LogP contribution in [0.3, 0.4) is 0 Å². The van der Waals surface area contributed by atoms with Crippen LogP contribution in [-0.2, 0) is 16.8 Å². The molecule has 0 aliphatic carbocycles. The van der Waals surface area contributed by atoms with Crippen LogP contribution in [0.2, 0.25) is 0 Å². The molecule has 0 radical (unpaired) electrons. The van der Waals surface area contributed by atoms with Crippen molar-refractivity contribution in [2.45, 2.75) is 0 Å². The van der Waals surface area contributed by atoms with Crippen molar-refractivity contribution < 1.29 is 21.9 Å². The topological polar surface area (TPSA) is 288 Å². The van der Waals surface area contributed by atoms with Gasteiger partial charge in [-0.15, -0.1) is 0 Å². The van der Waals surface area contributed by atoms with Crippen molar-refractivity contribution in [3.8, 4) is 0 Å². The predicted molar refractivity (Wildman–Crippen MR) is 66.7 cm³/mol. The van der Waals surface area contributed by atoms with Crippen molar-refractivity contribution >= 4 is 0 Å². The van der Waals surface area contributed by atoms with Crippen molar-refractivity contribution in [3.63, 3.8) is 0 Å². The third-order valence-electron chi connectivity index (χ3n) is 0.333. The summed E-state index contributed by atoms with van der Waals surface area (Å²) in [4.78, 5) is 11.2. The van der Waals surface area contributed by atoms with Gasteiger partial charge >= 0.3 is 16.8 Å². The van der Waals surface area contributed by atoms with E-state index in [-0.39, 0.29) is 16.8 Å². The first-order valence-electron chi connectivity index (χ1n) is 3.98. The van der Waals surface area contributed by atoms with Gasteiger partial charge in [0.1, 0.15) is 0 Å². The van der Waals surface area contributed by atoms with E-state index in [4.69, 9.17) is 60.4 Å². The molecule has 8 N–H and O–H groups in total. The third-order valence-corrected chi connectivity index (χ3v) is 0.333. The normalized spacial score (nSPS) is 5.26. The zero-order valence-corrected chi connectivity index (χ0v) is 10.9. The average molecular weight is 325 g/mol. The molecule has 0 aliphatic rings. The van der Waals surface area contributed by atoms with Crippen LogP contribution in [0, 0.1) is 15.3 Å². The number of rotatable bonds is 2. The number of nitrogens with two attached hydrogens (primary N) is 4. The van der Waals surface area contributed by atoms with Gasteiger partial charge in [-0.1, -0.05) is 0 Å². The Morgan fingerprint density at radius 2 is 0.842 bits per heavy atom. The van der Waals surface area contributed by atoms with Gasteiger partial charge in [0.15, 0.2) is 0 Å². The molecule has 0 aromatic carbocycles. The standard InChI is InChI=1S/2C2H8N2.Co.2N3.NO3/c2*3-1-2-4;;2*1-3-2;2-1(3)4/h2*1-4H2;;;;/q;;+3;3*-1. The zero-order valence-electron chi connectivity index (χ0n) is 9.83. The summed E-state index contributed by atoms with van der Waals surface area (Å²) in [6, 6.07) is 0. The molecule has 0 unspecified atom stereocenters. The minimum atomic E-state index is -1.75. The summed E-state index contributed by atoms with van der Waals surface area (Å²) in [5.41, 5.74) is 46.6. The van der Waals surface area contributed by atoms with Crippen LogP contribution in [0.5, 0.6) is 0 Å². The molecule has 0 saturated carbocycles. The van der Waals surface area contributed by atoms with Crippen molar-refractivity contribution in [1.82, 2.24) is 0 Å². The smallest absolute Gasteiger partial charge is 0.373 e. The summed E-state index contributed by atoms with van der Waals surface area (Å²) in [6.45, 7) is 2.39. The van der Waals surface area contributed by atoms with Crippen molar-refractivity contribution in [3.05, 3.63) is 47.3 Å². The summed E-state index contributed by atoms with van der Waals surface area (Å²) in [5, 5.41) is 14.8. The third kappa shape index (κ3) is 117000. The Labute approximate surface area is 119 Å². The molecule has 19 heavy (non-hydrogen) atoms. The van der Waals surface area contributed by atoms with Crippen LogP contribution >= 0.6 is 0 Å². The first-order valence-corrected chi connectivity index (χ1v) is 3.98. The number of nitrogens with zero attached hydrogens (tertiary/aromatic N) is 7. The molecule has 0 bridgehead atoms. The van der Waals surface area contributed by atoms with Gasteiger partial charge < -0.3 is 60.4 Å². The molecule has 114 valence electrons. The van der Waals surface area contributed by atoms with Gasteiger partial charge in [-0.25, -0.2) is 0 Å². The second kappa shape index (κ2) is 72.4. The minimum Gasteiger partial charge on any atom is -0.373 e. The Hall–Kier alpha value is -1.83. The van der Waals surface area contributed by atoms with Gasteiger partial charge in [-0.3, -0.25) is 9.82 Å². The van der Waals surface area contributed by atoms with Gasteiger partial charge in [0.05, 0.1) is 5.09 Å². The largest absolute Gasteiger partial charge is 3.00 e. The van der Waals surface area contributed by atoms with E-state index in [2.05, 4.69) is 0 Å². The summed E-state index contributed by atoms with van der Waals surface area (Å²) in [5.74, 6) is 0. The summed E-state index contributed by atoms with van der Waals surface area (Å²) in [6.07, 6.45) is 0. The molecule has 0 aliphatic heterocycles. The second-order valence-electron chi connectivity index (χ2n) is 1.56. The molecule has 0 fully saturated rings. The molecule has 0 aromatic rings. The van der Waals surface area contributed by atoms with E-state index in [1.165, 1.54) is 9.82 Å². The van der Waals surface area contributed by atoms with Crippen LogP contribution in [-0.4, -0.2) is 31.3 Å². The Bertz CT molecular complexity index is 178. The van der Waals surface area contributed by atoms with Gasteiger partial charge in [0, 0.05) is 26.2 Å². The molecule has 0 amide bonds. The van der Waals surface area contributed by atoms with E-state index in [9.17, 15) is 0 Å². The Morgan fingerprint density at radius 1 is 0.789 bits per heavy atom. The average Bonchev–Trinajstić information content (AvgIpc) is 2.30. The van der Waals surface area contributed by atoms with E-state index in [0.29, 0.717) is 26.2 Å². The first kappa shape index (κ1) is 36.0. The van der Waals surface area contributed by atoms with Crippen molar-refractivity contribution in [2.75, 3.05) is 26.2 Å². The SMILES string of the molecule is NCCN.NCCN.O=[N+]([O-])[O-].[Co+3].[N-]=[N+]=[N-].[N-]=[N+]=[N-]. The summed E-state index contributed by atoms with van der Waals surface area (Å²) >= 11 is 0. The quantitative estimate of drug-likeness (QED) is 0.166. The fourth-order valence-electron chi connectivity index (χ4n) is 0. The van der Waals surface area contributed by atoms with Crippen molar-refractivity contribution in [1.29, 1.82) is 0 Å². The minimum absolute atomic E-state index is 0. The van der Waals surface area contributed by atoms with Gasteiger partial charge in [-0.05, 0) is 0 Å². The Balaban J connectivity index is -0.0000000276. The molecular formula is C4H16CoN11O3. The van der Waals surface area contributed by atoms with E-state index in [1.54, 1.807) is 0 Å². The van der Waals surface area contributed by atoms with Gasteiger partial charge in [0.2, 0.25) is 0 Å². The molecule has 0 rings (SSSR count). The maximum atomic E-state index is 8.25. The maximum absolute atomic E-state index is 8.25. The predicted octanol–water partition coefficient (Wildman–Crippen LogP) is -0.702. The molecule has 0 spiro atoms.